The van der Waals surface area contributed by atoms with E-state index in [2.05, 4.69) is 31.9 Å². The van der Waals surface area contributed by atoms with Gasteiger partial charge in [0.25, 0.3) is 0 Å². The van der Waals surface area contributed by atoms with E-state index in [-0.39, 0.29) is 21.5 Å². The van der Waals surface area contributed by atoms with Gasteiger partial charge in [-0.1, -0.05) is 31.9 Å². The SMILES string of the molecule is O=C(O)C1C2CC(C(Br)C2Br)C1C(=O)O. The van der Waals surface area contributed by atoms with Gasteiger partial charge in [0, 0.05) is 9.65 Å². The van der Waals surface area contributed by atoms with Crippen LogP contribution < -0.4 is 0 Å². The maximum absolute atomic E-state index is 11.1. The first kappa shape index (κ1) is 11.4. The number of alkyl halides is 2. The zero-order valence-corrected chi connectivity index (χ0v) is 10.8. The minimum atomic E-state index is -0.987. The van der Waals surface area contributed by atoms with Gasteiger partial charge in [-0.05, 0) is 18.3 Å². The van der Waals surface area contributed by atoms with Crippen LogP contribution in [0.15, 0.2) is 0 Å². The van der Waals surface area contributed by atoms with Gasteiger partial charge in [0.15, 0.2) is 0 Å². The second-order valence-electron chi connectivity index (χ2n) is 4.18. The van der Waals surface area contributed by atoms with Gasteiger partial charge < -0.3 is 10.2 Å². The number of carboxylic acids is 2. The van der Waals surface area contributed by atoms with Gasteiger partial charge in [0.1, 0.15) is 0 Å². The largest absolute Gasteiger partial charge is 0.481 e. The number of hydrogen-bond acceptors (Lipinski definition) is 2. The fourth-order valence-electron chi connectivity index (χ4n) is 2.94. The van der Waals surface area contributed by atoms with Crippen molar-refractivity contribution in [3.05, 3.63) is 0 Å². The molecule has 2 aliphatic rings. The summed E-state index contributed by atoms with van der Waals surface area (Å²) in [5.74, 6) is -3.61. The van der Waals surface area contributed by atoms with Crippen LogP contribution in [0.5, 0.6) is 0 Å². The lowest BCUT2D eigenvalue weighted by Crippen LogP contribution is -2.43. The van der Waals surface area contributed by atoms with Crippen LogP contribution in [0.25, 0.3) is 0 Å². The van der Waals surface area contributed by atoms with E-state index in [0.717, 1.165) is 0 Å². The summed E-state index contributed by atoms with van der Waals surface area (Å²) in [6, 6.07) is 0. The van der Waals surface area contributed by atoms with Crippen LogP contribution in [-0.2, 0) is 9.59 Å². The average Bonchev–Trinajstić information content (AvgIpc) is 2.64. The Morgan fingerprint density at radius 2 is 1.27 bits per heavy atom. The predicted octanol–water partition coefficient (Wildman–Crippen LogP) is 1.56. The number of fused-ring (bicyclic) bond motifs is 2. The van der Waals surface area contributed by atoms with E-state index >= 15 is 0 Å². The molecule has 6 heteroatoms. The number of carbonyl (C=O) groups is 2. The lowest BCUT2D eigenvalue weighted by atomic mass is 9.79. The number of hydrogen-bond donors (Lipinski definition) is 2. The van der Waals surface area contributed by atoms with E-state index in [9.17, 15) is 9.59 Å². The molecule has 2 N–H and O–H groups in total. The van der Waals surface area contributed by atoms with Crippen molar-refractivity contribution in [2.75, 3.05) is 0 Å². The zero-order chi connectivity index (χ0) is 11.3. The number of aliphatic carboxylic acids is 2. The molecule has 6 atom stereocenters. The molecule has 0 aromatic rings. The molecule has 2 bridgehead atoms. The molecular weight excluding hydrogens is 332 g/mol. The van der Waals surface area contributed by atoms with E-state index in [1.54, 1.807) is 0 Å². The highest BCUT2D eigenvalue weighted by atomic mass is 79.9. The van der Waals surface area contributed by atoms with Gasteiger partial charge in [0.2, 0.25) is 0 Å². The third-order valence-corrected chi connectivity index (χ3v) is 6.75. The van der Waals surface area contributed by atoms with Crippen molar-refractivity contribution in [3.63, 3.8) is 0 Å². The molecule has 2 aliphatic carbocycles. The quantitative estimate of drug-likeness (QED) is 0.747. The normalized spacial score (nSPS) is 48.1. The van der Waals surface area contributed by atoms with Crippen LogP contribution in [-0.4, -0.2) is 31.8 Å². The molecule has 6 unspecified atom stereocenters. The molecule has 2 saturated carbocycles. The van der Waals surface area contributed by atoms with Gasteiger partial charge in [-0.3, -0.25) is 9.59 Å². The summed E-state index contributed by atoms with van der Waals surface area (Å²) in [5, 5.41) is 18.1. The summed E-state index contributed by atoms with van der Waals surface area (Å²) in [4.78, 5) is 22.3. The summed E-state index contributed by atoms with van der Waals surface area (Å²) in [6.45, 7) is 0. The first-order chi connectivity index (χ1) is 6.95. The minimum absolute atomic E-state index is 0.0687. The Kier molecular flexibility index (Phi) is 2.83. The topological polar surface area (TPSA) is 74.6 Å². The van der Waals surface area contributed by atoms with Gasteiger partial charge in [-0.2, -0.15) is 0 Å². The van der Waals surface area contributed by atoms with Crippen molar-refractivity contribution in [1.29, 1.82) is 0 Å². The van der Waals surface area contributed by atoms with Crippen LogP contribution in [0.4, 0.5) is 0 Å². The summed E-state index contributed by atoms with van der Waals surface area (Å²) in [7, 11) is 0. The number of carboxylic acid groups (broad SMARTS) is 2. The molecule has 0 radical (unpaired) electrons. The van der Waals surface area contributed by atoms with Crippen LogP contribution in [0.1, 0.15) is 6.42 Å². The second-order valence-corrected chi connectivity index (χ2v) is 6.29. The molecule has 0 aromatic heterocycles. The lowest BCUT2D eigenvalue weighted by Gasteiger charge is -2.31. The Morgan fingerprint density at radius 1 is 0.933 bits per heavy atom. The first-order valence-electron chi connectivity index (χ1n) is 4.69. The Hall–Kier alpha value is -0.100. The Morgan fingerprint density at radius 3 is 1.53 bits per heavy atom. The van der Waals surface area contributed by atoms with Crippen molar-refractivity contribution >= 4 is 43.8 Å². The smallest absolute Gasteiger partial charge is 0.307 e. The number of halogens is 2. The third kappa shape index (κ3) is 1.53. The fraction of sp³-hybridized carbons (Fsp3) is 0.778. The standard InChI is InChI=1S/C9H10Br2O4/c10-6-2-1-3(7(6)11)5(9(14)15)4(2)8(12)13/h2-7H,1H2,(H,12,13)(H,14,15). The minimum Gasteiger partial charge on any atom is -0.481 e. The van der Waals surface area contributed by atoms with Gasteiger partial charge in [-0.25, -0.2) is 0 Å². The fourth-order valence-corrected chi connectivity index (χ4v) is 4.82. The molecule has 0 amide bonds. The highest BCUT2D eigenvalue weighted by Gasteiger charge is 2.61. The Labute approximate surface area is 103 Å². The molecule has 0 spiro atoms. The van der Waals surface area contributed by atoms with Crippen LogP contribution in [0, 0.1) is 23.7 Å². The van der Waals surface area contributed by atoms with Crippen molar-refractivity contribution < 1.29 is 19.8 Å². The molecule has 0 heterocycles. The van der Waals surface area contributed by atoms with Crippen LogP contribution >= 0.6 is 31.9 Å². The van der Waals surface area contributed by atoms with Gasteiger partial charge in [0.05, 0.1) is 11.8 Å². The maximum Gasteiger partial charge on any atom is 0.307 e. The Bertz CT molecular complexity index is 289. The van der Waals surface area contributed by atoms with E-state index in [4.69, 9.17) is 10.2 Å². The zero-order valence-electron chi connectivity index (χ0n) is 7.64. The van der Waals surface area contributed by atoms with Crippen molar-refractivity contribution in [3.8, 4) is 0 Å². The van der Waals surface area contributed by atoms with Gasteiger partial charge in [-0.15, -0.1) is 0 Å². The second kappa shape index (κ2) is 3.73. The Balaban J connectivity index is 2.32. The first-order valence-corrected chi connectivity index (χ1v) is 6.52. The van der Waals surface area contributed by atoms with Crippen LogP contribution in [0.2, 0.25) is 0 Å². The van der Waals surface area contributed by atoms with Crippen molar-refractivity contribution in [2.24, 2.45) is 23.7 Å². The highest BCUT2D eigenvalue weighted by molar-refractivity contribution is 9.12. The number of rotatable bonds is 2. The summed E-state index contributed by atoms with van der Waals surface area (Å²) in [6.07, 6.45) is 0.680. The van der Waals surface area contributed by atoms with Crippen LogP contribution in [0.3, 0.4) is 0 Å². The summed E-state index contributed by atoms with van der Waals surface area (Å²) >= 11 is 6.89. The molecule has 4 nitrogen and oxygen atoms in total. The summed E-state index contributed by atoms with van der Waals surface area (Å²) < 4.78 is 0. The molecule has 0 saturated heterocycles. The monoisotopic (exact) mass is 340 g/mol. The van der Waals surface area contributed by atoms with E-state index in [0.29, 0.717) is 6.42 Å². The van der Waals surface area contributed by atoms with Gasteiger partial charge >= 0.3 is 11.9 Å². The highest BCUT2D eigenvalue weighted by Crippen LogP contribution is 2.57. The molecule has 0 aliphatic heterocycles. The third-order valence-electron chi connectivity index (χ3n) is 3.55. The predicted molar refractivity (Wildman–Crippen MR) is 59.3 cm³/mol. The molecule has 2 rings (SSSR count). The maximum atomic E-state index is 11.1. The molecule has 15 heavy (non-hydrogen) atoms. The lowest BCUT2D eigenvalue weighted by molar-refractivity contribution is -0.155. The molecule has 84 valence electrons. The molecular formula is C9H10Br2O4. The van der Waals surface area contributed by atoms with E-state index < -0.39 is 23.8 Å². The average molecular weight is 342 g/mol. The molecule has 0 aromatic carbocycles. The van der Waals surface area contributed by atoms with Crippen molar-refractivity contribution in [2.45, 2.75) is 16.1 Å². The van der Waals surface area contributed by atoms with E-state index in [1.165, 1.54) is 0 Å². The van der Waals surface area contributed by atoms with Crippen molar-refractivity contribution in [1.82, 2.24) is 0 Å². The van der Waals surface area contributed by atoms with E-state index in [1.807, 2.05) is 0 Å². The summed E-state index contributed by atoms with van der Waals surface area (Å²) in [5.41, 5.74) is 0. The molecule has 2 fully saturated rings.